The van der Waals surface area contributed by atoms with Crippen molar-refractivity contribution in [3.05, 3.63) is 122 Å². The fourth-order valence-electron chi connectivity index (χ4n) is 7.29. The van der Waals surface area contributed by atoms with Crippen molar-refractivity contribution < 1.29 is 23.8 Å². The molecule has 5 heteroatoms. The maximum atomic E-state index is 12.8. The summed E-state index contributed by atoms with van der Waals surface area (Å²) in [4.78, 5) is 25.5. The number of ether oxygens (including phenoxy) is 3. The van der Waals surface area contributed by atoms with Crippen molar-refractivity contribution in [3.63, 3.8) is 0 Å². The summed E-state index contributed by atoms with van der Waals surface area (Å²) >= 11 is 0. The zero-order chi connectivity index (χ0) is 49.2. The van der Waals surface area contributed by atoms with Crippen LogP contribution in [0.25, 0.3) is 0 Å². The molecule has 0 fully saturated rings. The molecule has 386 valence electrons. The van der Waals surface area contributed by atoms with Gasteiger partial charge in [-0.3, -0.25) is 9.59 Å². The maximum absolute atomic E-state index is 12.8. The van der Waals surface area contributed by atoms with Crippen molar-refractivity contribution in [2.24, 2.45) is 0 Å². The average molecular weight is 942 g/mol. The van der Waals surface area contributed by atoms with Gasteiger partial charge in [0.2, 0.25) is 0 Å². The quantitative estimate of drug-likeness (QED) is 0.0345. The molecule has 0 aromatic rings. The summed E-state index contributed by atoms with van der Waals surface area (Å²) in [5.74, 6) is -0.459. The van der Waals surface area contributed by atoms with Crippen LogP contribution in [0.1, 0.15) is 239 Å². The van der Waals surface area contributed by atoms with Gasteiger partial charge in [0.25, 0.3) is 0 Å². The Kier molecular flexibility index (Phi) is 54.5. The zero-order valence-corrected chi connectivity index (χ0v) is 44.3. The Balaban J connectivity index is 4.41. The van der Waals surface area contributed by atoms with Gasteiger partial charge in [0.1, 0.15) is 6.61 Å². The van der Waals surface area contributed by atoms with Crippen LogP contribution in [0.5, 0.6) is 0 Å². The van der Waals surface area contributed by atoms with Crippen LogP contribution in [0.3, 0.4) is 0 Å². The molecule has 0 rings (SSSR count). The Morgan fingerprint density at radius 1 is 0.338 bits per heavy atom. The second-order valence-corrected chi connectivity index (χ2v) is 18.1. The molecule has 0 aromatic carbocycles. The van der Waals surface area contributed by atoms with Gasteiger partial charge in [-0.1, -0.05) is 219 Å². The lowest BCUT2D eigenvalue weighted by Gasteiger charge is -2.18. The van der Waals surface area contributed by atoms with Gasteiger partial charge in [0.15, 0.2) is 6.10 Å². The van der Waals surface area contributed by atoms with E-state index < -0.39 is 6.10 Å². The van der Waals surface area contributed by atoms with Crippen LogP contribution in [0.2, 0.25) is 0 Å². The van der Waals surface area contributed by atoms with E-state index >= 15 is 0 Å². The smallest absolute Gasteiger partial charge is 0.306 e. The third kappa shape index (κ3) is 54.9. The van der Waals surface area contributed by atoms with Crippen LogP contribution >= 0.6 is 0 Å². The Bertz CT molecular complexity index is 1390. The molecule has 0 amide bonds. The van der Waals surface area contributed by atoms with Gasteiger partial charge in [0.05, 0.1) is 6.61 Å². The Hall–Kier alpha value is -3.70. The van der Waals surface area contributed by atoms with E-state index in [0.717, 1.165) is 116 Å². The normalized spacial score (nSPS) is 13.2. The minimum Gasteiger partial charge on any atom is -0.462 e. The van der Waals surface area contributed by atoms with Gasteiger partial charge >= 0.3 is 11.9 Å². The molecule has 0 aliphatic carbocycles. The highest BCUT2D eigenvalue weighted by atomic mass is 16.6. The molecule has 5 nitrogen and oxygen atoms in total. The Morgan fingerprint density at radius 2 is 0.662 bits per heavy atom. The van der Waals surface area contributed by atoms with Gasteiger partial charge in [-0.15, -0.1) is 0 Å². The molecule has 0 saturated heterocycles. The molecule has 68 heavy (non-hydrogen) atoms. The molecule has 0 aliphatic rings. The SMILES string of the molecule is CC/C=C\C/C=C\C/C=C\C/C=C\C/C=C\C/C=C\CCCOCC(COC(=O)CCCCCCCC/C=C\C/C=C\C/C=C\CCCCC)OC(=O)CCCCCCC/C=C\CCCCCC. The molecule has 0 saturated carbocycles. The van der Waals surface area contributed by atoms with Gasteiger partial charge in [-0.2, -0.15) is 0 Å². The first kappa shape index (κ1) is 64.3. The van der Waals surface area contributed by atoms with Gasteiger partial charge in [0, 0.05) is 19.4 Å². The van der Waals surface area contributed by atoms with E-state index in [9.17, 15) is 9.59 Å². The van der Waals surface area contributed by atoms with E-state index in [0.29, 0.717) is 19.4 Å². The van der Waals surface area contributed by atoms with E-state index in [4.69, 9.17) is 14.2 Å². The molecule has 0 radical (unpaired) electrons. The lowest BCUT2D eigenvalue weighted by Crippen LogP contribution is -2.30. The van der Waals surface area contributed by atoms with Crippen molar-refractivity contribution >= 4 is 11.9 Å². The third-order valence-electron chi connectivity index (χ3n) is 11.5. The van der Waals surface area contributed by atoms with E-state index in [1.165, 1.54) is 89.9 Å². The summed E-state index contributed by atoms with van der Waals surface area (Å²) in [5, 5.41) is 0. The third-order valence-corrected chi connectivity index (χ3v) is 11.5. The first-order valence-electron chi connectivity index (χ1n) is 28.1. The molecular formula is C63H104O5. The summed E-state index contributed by atoms with van der Waals surface area (Å²) in [6, 6.07) is 0. The first-order valence-corrected chi connectivity index (χ1v) is 28.1. The standard InChI is InChI=1S/C63H104O5/c1-4-7-10-13-16-19-22-25-27-29-31-33-35-37-40-43-46-49-52-55-58-66-59-61(68-63(65)57-54-51-48-45-42-38-24-21-18-15-12-9-6-3)60-67-62(64)56-53-50-47-44-41-39-36-34-32-30-28-26-23-20-17-14-11-8-5-2/h7,10,16-17,19-21,24-28,31-34,37,40,46,49,61H,4-6,8-9,11-15,18,22-23,29-30,35-36,38-39,41-45,47-48,50-60H2,1-3H3/b10-7-,19-16-,20-17-,24-21-,27-25-,28-26-,33-31-,34-32-,40-37-,49-46-. The molecule has 0 heterocycles. The number of rotatable bonds is 50. The predicted molar refractivity (Wildman–Crippen MR) is 297 cm³/mol. The lowest BCUT2D eigenvalue weighted by molar-refractivity contribution is -0.163. The predicted octanol–water partition coefficient (Wildman–Crippen LogP) is 19.3. The van der Waals surface area contributed by atoms with Crippen molar-refractivity contribution in [3.8, 4) is 0 Å². The van der Waals surface area contributed by atoms with Crippen molar-refractivity contribution in [1.82, 2.24) is 0 Å². The van der Waals surface area contributed by atoms with Crippen molar-refractivity contribution in [2.75, 3.05) is 19.8 Å². The van der Waals surface area contributed by atoms with Crippen LogP contribution in [0.4, 0.5) is 0 Å². The average Bonchev–Trinajstić information content (AvgIpc) is 3.34. The van der Waals surface area contributed by atoms with Crippen LogP contribution in [0.15, 0.2) is 122 Å². The molecule has 0 aromatic heterocycles. The van der Waals surface area contributed by atoms with E-state index in [-0.39, 0.29) is 25.2 Å². The summed E-state index contributed by atoms with van der Waals surface area (Å²) < 4.78 is 17.4. The number of unbranched alkanes of at least 4 members (excludes halogenated alkanes) is 19. The zero-order valence-electron chi connectivity index (χ0n) is 44.3. The topological polar surface area (TPSA) is 61.8 Å². The summed E-state index contributed by atoms with van der Waals surface area (Å²) in [6.07, 6.45) is 80.8. The highest BCUT2D eigenvalue weighted by Crippen LogP contribution is 2.13. The molecule has 0 N–H and O–H groups in total. The second-order valence-electron chi connectivity index (χ2n) is 18.1. The Labute approximate surface area is 420 Å². The fourth-order valence-corrected chi connectivity index (χ4v) is 7.29. The number of carbonyl (C=O) groups excluding carboxylic acids is 2. The summed E-state index contributed by atoms with van der Waals surface area (Å²) in [7, 11) is 0. The number of allylic oxidation sites excluding steroid dienone is 20. The molecular weight excluding hydrogens is 837 g/mol. The van der Waals surface area contributed by atoms with Crippen LogP contribution in [-0.4, -0.2) is 37.9 Å². The second kappa shape index (κ2) is 57.6. The largest absolute Gasteiger partial charge is 0.462 e. The highest BCUT2D eigenvalue weighted by Gasteiger charge is 2.17. The molecule has 0 spiro atoms. The molecule has 1 unspecified atom stereocenters. The van der Waals surface area contributed by atoms with Gasteiger partial charge in [-0.05, 0) is 128 Å². The lowest BCUT2D eigenvalue weighted by atomic mass is 10.1. The minimum atomic E-state index is -0.585. The Morgan fingerprint density at radius 3 is 1.10 bits per heavy atom. The van der Waals surface area contributed by atoms with E-state index in [1.54, 1.807) is 0 Å². The maximum Gasteiger partial charge on any atom is 0.306 e. The first-order chi connectivity index (χ1) is 33.6. The molecule has 1 atom stereocenters. The monoisotopic (exact) mass is 941 g/mol. The van der Waals surface area contributed by atoms with Crippen molar-refractivity contribution in [1.29, 1.82) is 0 Å². The van der Waals surface area contributed by atoms with E-state index in [2.05, 4.69) is 142 Å². The minimum absolute atomic E-state index is 0.0450. The number of esters is 2. The fraction of sp³-hybridized carbons (Fsp3) is 0.651. The van der Waals surface area contributed by atoms with E-state index in [1.807, 2.05) is 0 Å². The summed E-state index contributed by atoms with van der Waals surface area (Å²) in [5.41, 5.74) is 0. The molecule has 0 aliphatic heterocycles. The van der Waals surface area contributed by atoms with Gasteiger partial charge < -0.3 is 14.2 Å². The number of hydrogen-bond acceptors (Lipinski definition) is 5. The van der Waals surface area contributed by atoms with Crippen molar-refractivity contribution in [2.45, 2.75) is 245 Å². The van der Waals surface area contributed by atoms with Crippen LogP contribution in [-0.2, 0) is 23.8 Å². The summed E-state index contributed by atoms with van der Waals surface area (Å²) in [6.45, 7) is 7.50. The van der Waals surface area contributed by atoms with Gasteiger partial charge in [-0.25, -0.2) is 0 Å². The number of hydrogen-bond donors (Lipinski definition) is 0. The molecule has 0 bridgehead atoms. The highest BCUT2D eigenvalue weighted by molar-refractivity contribution is 5.70. The van der Waals surface area contributed by atoms with Crippen LogP contribution < -0.4 is 0 Å². The number of carbonyl (C=O) groups is 2. The van der Waals surface area contributed by atoms with Crippen LogP contribution in [0, 0.1) is 0 Å².